The molecule has 1 aromatic rings. The molecule has 1 atom stereocenters. The monoisotopic (exact) mass is 303 g/mol. The summed E-state index contributed by atoms with van der Waals surface area (Å²) in [5.41, 5.74) is 0. The van der Waals surface area contributed by atoms with Crippen molar-refractivity contribution in [2.75, 3.05) is 26.3 Å². The molecule has 0 radical (unpaired) electrons. The fourth-order valence-electron chi connectivity index (χ4n) is 1.85. The van der Waals surface area contributed by atoms with Gasteiger partial charge in [-0.25, -0.2) is 0 Å². The molecule has 1 unspecified atom stereocenters. The summed E-state index contributed by atoms with van der Waals surface area (Å²) in [5.74, 6) is 0.477. The van der Waals surface area contributed by atoms with E-state index in [1.165, 1.54) is 0 Å². The fraction of sp³-hybridized carbons (Fsp3) is 0.462. The summed E-state index contributed by atoms with van der Waals surface area (Å²) >= 11 is 11.7. The smallest absolute Gasteiger partial charge is 0.260 e. The second-order valence-corrected chi connectivity index (χ2v) is 5.20. The SMILES string of the molecule is CC1CN(C(=O)COc2ccc(Cl)c(Cl)c2)CCO1. The Morgan fingerprint density at radius 1 is 1.47 bits per heavy atom. The third kappa shape index (κ3) is 4.00. The molecule has 1 saturated heterocycles. The first kappa shape index (κ1) is 14.4. The van der Waals surface area contributed by atoms with Crippen molar-refractivity contribution in [3.05, 3.63) is 28.2 Å². The number of carbonyl (C=O) groups excluding carboxylic acids is 1. The Labute approximate surface area is 122 Å². The number of ether oxygens (including phenoxy) is 2. The number of benzene rings is 1. The molecule has 6 heteroatoms. The van der Waals surface area contributed by atoms with Gasteiger partial charge in [-0.3, -0.25) is 4.79 Å². The average molecular weight is 304 g/mol. The molecule has 1 aliphatic heterocycles. The zero-order valence-corrected chi connectivity index (χ0v) is 12.1. The quantitative estimate of drug-likeness (QED) is 0.861. The number of hydrogen-bond donors (Lipinski definition) is 0. The minimum atomic E-state index is -0.0544. The summed E-state index contributed by atoms with van der Waals surface area (Å²) in [6.07, 6.45) is 0.0719. The van der Waals surface area contributed by atoms with Crippen molar-refractivity contribution in [3.63, 3.8) is 0 Å². The molecule has 1 heterocycles. The Morgan fingerprint density at radius 3 is 2.95 bits per heavy atom. The van der Waals surface area contributed by atoms with Crippen LogP contribution in [0.1, 0.15) is 6.92 Å². The highest BCUT2D eigenvalue weighted by Crippen LogP contribution is 2.26. The van der Waals surface area contributed by atoms with Crippen LogP contribution < -0.4 is 4.74 Å². The Balaban J connectivity index is 1.87. The zero-order valence-electron chi connectivity index (χ0n) is 10.6. The zero-order chi connectivity index (χ0) is 13.8. The standard InChI is InChI=1S/C13H15Cl2NO3/c1-9-7-16(4-5-18-9)13(17)8-19-10-2-3-11(14)12(15)6-10/h2-3,6,9H,4-5,7-8H2,1H3. The second-order valence-electron chi connectivity index (χ2n) is 4.39. The number of rotatable bonds is 3. The van der Waals surface area contributed by atoms with E-state index < -0.39 is 0 Å². The minimum Gasteiger partial charge on any atom is -0.484 e. The fourth-order valence-corrected chi connectivity index (χ4v) is 2.14. The first-order chi connectivity index (χ1) is 9.06. The molecule has 0 bridgehead atoms. The normalized spacial score (nSPS) is 19.3. The third-order valence-corrected chi connectivity index (χ3v) is 3.59. The maximum Gasteiger partial charge on any atom is 0.260 e. The lowest BCUT2D eigenvalue weighted by Crippen LogP contribution is -2.46. The van der Waals surface area contributed by atoms with E-state index in [-0.39, 0.29) is 18.6 Å². The van der Waals surface area contributed by atoms with Crippen molar-refractivity contribution in [2.24, 2.45) is 0 Å². The lowest BCUT2D eigenvalue weighted by atomic mass is 10.3. The predicted octanol–water partition coefficient (Wildman–Crippen LogP) is 2.62. The Kier molecular flexibility index (Phi) is 4.91. The van der Waals surface area contributed by atoms with Crippen LogP contribution in [-0.2, 0) is 9.53 Å². The van der Waals surface area contributed by atoms with E-state index in [1.807, 2.05) is 6.92 Å². The summed E-state index contributed by atoms with van der Waals surface area (Å²) < 4.78 is 10.8. The lowest BCUT2D eigenvalue weighted by Gasteiger charge is -2.31. The number of morpholine rings is 1. The van der Waals surface area contributed by atoms with Crippen LogP contribution in [0.3, 0.4) is 0 Å². The number of amides is 1. The van der Waals surface area contributed by atoms with Gasteiger partial charge in [-0.05, 0) is 19.1 Å². The molecule has 0 spiro atoms. The minimum absolute atomic E-state index is 0.00924. The van der Waals surface area contributed by atoms with E-state index in [0.717, 1.165) is 0 Å². The molecule has 1 aromatic carbocycles. The van der Waals surface area contributed by atoms with Gasteiger partial charge in [0.25, 0.3) is 5.91 Å². The number of hydrogen-bond acceptors (Lipinski definition) is 3. The Morgan fingerprint density at radius 2 is 2.26 bits per heavy atom. The van der Waals surface area contributed by atoms with Gasteiger partial charge in [-0.15, -0.1) is 0 Å². The molecule has 1 fully saturated rings. The largest absolute Gasteiger partial charge is 0.484 e. The van der Waals surface area contributed by atoms with Gasteiger partial charge in [0.05, 0.1) is 22.8 Å². The maximum atomic E-state index is 12.0. The molecular formula is C13H15Cl2NO3. The van der Waals surface area contributed by atoms with Gasteiger partial charge in [0, 0.05) is 19.2 Å². The van der Waals surface area contributed by atoms with Crippen LogP contribution in [0.25, 0.3) is 0 Å². The van der Waals surface area contributed by atoms with E-state index in [4.69, 9.17) is 32.7 Å². The molecule has 104 valence electrons. The van der Waals surface area contributed by atoms with Crippen LogP contribution in [0, 0.1) is 0 Å². The molecule has 0 N–H and O–H groups in total. The summed E-state index contributed by atoms with van der Waals surface area (Å²) in [6, 6.07) is 4.92. The van der Waals surface area contributed by atoms with Gasteiger partial charge in [0.2, 0.25) is 0 Å². The Hall–Kier alpha value is -0.970. The summed E-state index contributed by atoms with van der Waals surface area (Å²) in [4.78, 5) is 13.7. The molecule has 0 aromatic heterocycles. The van der Waals surface area contributed by atoms with Crippen molar-refractivity contribution < 1.29 is 14.3 Å². The highest BCUT2D eigenvalue weighted by atomic mass is 35.5. The van der Waals surface area contributed by atoms with Crippen LogP contribution in [0.4, 0.5) is 0 Å². The average Bonchev–Trinajstić information content (AvgIpc) is 2.40. The van der Waals surface area contributed by atoms with E-state index in [9.17, 15) is 4.79 Å². The van der Waals surface area contributed by atoms with Crippen molar-refractivity contribution in [1.29, 1.82) is 0 Å². The molecule has 2 rings (SSSR count). The van der Waals surface area contributed by atoms with E-state index in [2.05, 4.69) is 0 Å². The van der Waals surface area contributed by atoms with E-state index in [1.54, 1.807) is 23.1 Å². The van der Waals surface area contributed by atoms with Crippen LogP contribution in [0.15, 0.2) is 18.2 Å². The van der Waals surface area contributed by atoms with Crippen LogP contribution in [0.5, 0.6) is 5.75 Å². The number of halogens is 2. The number of nitrogens with zero attached hydrogens (tertiary/aromatic N) is 1. The number of carbonyl (C=O) groups is 1. The van der Waals surface area contributed by atoms with Gasteiger partial charge < -0.3 is 14.4 Å². The van der Waals surface area contributed by atoms with Gasteiger partial charge in [0.1, 0.15) is 5.75 Å². The predicted molar refractivity (Wildman–Crippen MR) is 74.0 cm³/mol. The molecular weight excluding hydrogens is 289 g/mol. The topological polar surface area (TPSA) is 38.8 Å². The lowest BCUT2D eigenvalue weighted by molar-refractivity contribution is -0.140. The Bertz CT molecular complexity index is 467. The third-order valence-electron chi connectivity index (χ3n) is 2.85. The first-order valence-electron chi connectivity index (χ1n) is 6.03. The van der Waals surface area contributed by atoms with Crippen LogP contribution >= 0.6 is 23.2 Å². The molecule has 1 aliphatic rings. The molecule has 0 saturated carbocycles. The molecule has 19 heavy (non-hydrogen) atoms. The van der Waals surface area contributed by atoms with Gasteiger partial charge in [-0.1, -0.05) is 23.2 Å². The van der Waals surface area contributed by atoms with Crippen molar-refractivity contribution >= 4 is 29.1 Å². The van der Waals surface area contributed by atoms with Crippen LogP contribution in [-0.4, -0.2) is 43.2 Å². The summed E-state index contributed by atoms with van der Waals surface area (Å²) in [5, 5.41) is 0.869. The van der Waals surface area contributed by atoms with Crippen molar-refractivity contribution in [1.82, 2.24) is 4.90 Å². The summed E-state index contributed by atoms with van der Waals surface area (Å²) in [6.45, 7) is 3.71. The van der Waals surface area contributed by atoms with Crippen molar-refractivity contribution in [3.8, 4) is 5.75 Å². The summed E-state index contributed by atoms with van der Waals surface area (Å²) in [7, 11) is 0. The second kappa shape index (κ2) is 6.46. The van der Waals surface area contributed by atoms with E-state index >= 15 is 0 Å². The molecule has 0 aliphatic carbocycles. The highest BCUT2D eigenvalue weighted by Gasteiger charge is 2.21. The van der Waals surface area contributed by atoms with Crippen molar-refractivity contribution in [2.45, 2.75) is 13.0 Å². The highest BCUT2D eigenvalue weighted by molar-refractivity contribution is 6.42. The van der Waals surface area contributed by atoms with Crippen LogP contribution in [0.2, 0.25) is 10.0 Å². The maximum absolute atomic E-state index is 12.0. The molecule has 1 amide bonds. The van der Waals surface area contributed by atoms with Gasteiger partial charge >= 0.3 is 0 Å². The van der Waals surface area contributed by atoms with E-state index in [0.29, 0.717) is 35.5 Å². The first-order valence-corrected chi connectivity index (χ1v) is 6.79. The molecule has 4 nitrogen and oxygen atoms in total. The van der Waals surface area contributed by atoms with Gasteiger partial charge in [-0.2, -0.15) is 0 Å². The van der Waals surface area contributed by atoms with Gasteiger partial charge in [0.15, 0.2) is 6.61 Å².